The predicted molar refractivity (Wildman–Crippen MR) is 56.4 cm³/mol. The van der Waals surface area contributed by atoms with Crippen LogP contribution in [0.25, 0.3) is 0 Å². The normalized spacial score (nSPS) is 21.2. The number of carbonyl (C=O) groups is 1. The van der Waals surface area contributed by atoms with E-state index < -0.39 is 0 Å². The first kappa shape index (κ1) is 9.53. The maximum Gasteiger partial charge on any atom is 0.209 e. The summed E-state index contributed by atoms with van der Waals surface area (Å²) in [6.45, 7) is 1.71. The molecule has 1 aromatic rings. The molecular weight excluding hydrogens is 198 g/mol. The van der Waals surface area contributed by atoms with Crippen molar-refractivity contribution < 1.29 is 4.79 Å². The molecule has 14 heavy (non-hydrogen) atoms. The molecule has 1 aliphatic rings. The van der Waals surface area contributed by atoms with E-state index in [0.29, 0.717) is 5.92 Å². The van der Waals surface area contributed by atoms with Crippen LogP contribution in [0, 0.1) is 0 Å². The zero-order valence-electron chi connectivity index (χ0n) is 7.82. The molecule has 0 saturated carbocycles. The van der Waals surface area contributed by atoms with Gasteiger partial charge in [0.2, 0.25) is 6.41 Å². The average molecular weight is 210 g/mol. The number of benzene rings is 1. The van der Waals surface area contributed by atoms with Crippen LogP contribution in [0.5, 0.6) is 0 Å². The molecule has 0 bridgehead atoms. The Morgan fingerprint density at radius 1 is 1.36 bits per heavy atom. The topological polar surface area (TPSA) is 20.3 Å². The molecule has 0 aromatic heterocycles. The third kappa shape index (κ3) is 1.90. The quantitative estimate of drug-likeness (QED) is 0.685. The second kappa shape index (κ2) is 4.01. The first-order chi connectivity index (χ1) is 6.79. The Morgan fingerprint density at radius 2 is 2.07 bits per heavy atom. The molecule has 0 aliphatic carbocycles. The van der Waals surface area contributed by atoms with E-state index in [1.54, 1.807) is 0 Å². The number of halogens is 1. The van der Waals surface area contributed by atoms with Gasteiger partial charge in [-0.05, 0) is 24.1 Å². The van der Waals surface area contributed by atoms with Gasteiger partial charge in [-0.25, -0.2) is 0 Å². The third-order valence-electron chi connectivity index (χ3n) is 2.71. The van der Waals surface area contributed by atoms with E-state index in [1.165, 1.54) is 5.56 Å². The summed E-state index contributed by atoms with van der Waals surface area (Å²) in [5.74, 6) is 0.484. The maximum absolute atomic E-state index is 10.5. The van der Waals surface area contributed by atoms with Crippen LogP contribution in [0.1, 0.15) is 17.9 Å². The highest BCUT2D eigenvalue weighted by atomic mass is 35.5. The fourth-order valence-corrected chi connectivity index (χ4v) is 2.02. The fourth-order valence-electron chi connectivity index (χ4n) is 1.89. The molecule has 2 nitrogen and oxygen atoms in total. The highest BCUT2D eigenvalue weighted by molar-refractivity contribution is 6.30. The maximum atomic E-state index is 10.5. The molecule has 1 saturated heterocycles. The lowest BCUT2D eigenvalue weighted by Crippen LogP contribution is -2.17. The SMILES string of the molecule is O=CN1CCC(c2ccc(Cl)cc2)C1. The molecule has 0 N–H and O–H groups in total. The summed E-state index contributed by atoms with van der Waals surface area (Å²) in [5.41, 5.74) is 1.28. The van der Waals surface area contributed by atoms with Gasteiger partial charge in [0, 0.05) is 24.0 Å². The van der Waals surface area contributed by atoms with Crippen LogP contribution in [0.4, 0.5) is 0 Å². The van der Waals surface area contributed by atoms with E-state index in [1.807, 2.05) is 29.2 Å². The van der Waals surface area contributed by atoms with Gasteiger partial charge >= 0.3 is 0 Å². The van der Waals surface area contributed by atoms with Crippen molar-refractivity contribution in [3.05, 3.63) is 34.9 Å². The molecule has 1 unspecified atom stereocenters. The molecule has 3 heteroatoms. The van der Waals surface area contributed by atoms with Crippen molar-refractivity contribution in [2.24, 2.45) is 0 Å². The van der Waals surface area contributed by atoms with Crippen LogP contribution in [-0.2, 0) is 4.79 Å². The van der Waals surface area contributed by atoms with Gasteiger partial charge in [-0.2, -0.15) is 0 Å². The van der Waals surface area contributed by atoms with E-state index in [-0.39, 0.29) is 0 Å². The Balaban J connectivity index is 2.09. The van der Waals surface area contributed by atoms with Gasteiger partial charge in [-0.1, -0.05) is 23.7 Å². The number of amides is 1. The molecule has 1 aromatic carbocycles. The second-order valence-electron chi connectivity index (χ2n) is 3.64. The van der Waals surface area contributed by atoms with Crippen LogP contribution < -0.4 is 0 Å². The summed E-state index contributed by atoms with van der Waals surface area (Å²) in [6, 6.07) is 7.89. The molecule has 74 valence electrons. The molecule has 1 aliphatic heterocycles. The molecule has 1 heterocycles. The van der Waals surface area contributed by atoms with Gasteiger partial charge in [0.25, 0.3) is 0 Å². The van der Waals surface area contributed by atoms with E-state index in [4.69, 9.17) is 11.6 Å². The Hall–Kier alpha value is -1.02. The monoisotopic (exact) mass is 209 g/mol. The lowest BCUT2D eigenvalue weighted by molar-refractivity contribution is -0.117. The van der Waals surface area contributed by atoms with Crippen molar-refractivity contribution in [2.45, 2.75) is 12.3 Å². The minimum absolute atomic E-state index is 0.484. The summed E-state index contributed by atoms with van der Waals surface area (Å²) in [5, 5.41) is 0.763. The molecule has 2 rings (SSSR count). The summed E-state index contributed by atoms with van der Waals surface area (Å²) < 4.78 is 0. The molecule has 1 amide bonds. The highest BCUT2D eigenvalue weighted by Crippen LogP contribution is 2.26. The first-order valence-corrected chi connectivity index (χ1v) is 5.12. The number of rotatable bonds is 2. The van der Waals surface area contributed by atoms with Crippen molar-refractivity contribution in [3.63, 3.8) is 0 Å². The standard InChI is InChI=1S/C11H12ClNO/c12-11-3-1-9(2-4-11)10-5-6-13(7-10)8-14/h1-4,8,10H,5-7H2. The number of hydrogen-bond donors (Lipinski definition) is 0. The van der Waals surface area contributed by atoms with Crippen LogP contribution >= 0.6 is 11.6 Å². The summed E-state index contributed by atoms with van der Waals surface area (Å²) in [6.07, 6.45) is 1.98. The molecule has 1 atom stereocenters. The summed E-state index contributed by atoms with van der Waals surface area (Å²) in [7, 11) is 0. The van der Waals surface area contributed by atoms with E-state index in [9.17, 15) is 4.79 Å². The van der Waals surface area contributed by atoms with Crippen molar-refractivity contribution in [3.8, 4) is 0 Å². The van der Waals surface area contributed by atoms with E-state index in [2.05, 4.69) is 0 Å². The average Bonchev–Trinajstić information content (AvgIpc) is 2.67. The van der Waals surface area contributed by atoms with Crippen molar-refractivity contribution >= 4 is 18.0 Å². The zero-order chi connectivity index (χ0) is 9.97. The van der Waals surface area contributed by atoms with Gasteiger partial charge in [-0.3, -0.25) is 4.79 Å². The van der Waals surface area contributed by atoms with Gasteiger partial charge in [0.05, 0.1) is 0 Å². The smallest absolute Gasteiger partial charge is 0.209 e. The molecular formula is C11H12ClNO. The van der Waals surface area contributed by atoms with Crippen LogP contribution in [0.3, 0.4) is 0 Å². The van der Waals surface area contributed by atoms with Crippen LogP contribution in [0.15, 0.2) is 24.3 Å². The predicted octanol–water partition coefficient (Wildman–Crippen LogP) is 2.29. The number of carbonyl (C=O) groups excluding carboxylic acids is 1. The Kier molecular flexibility index (Phi) is 2.73. The van der Waals surface area contributed by atoms with E-state index in [0.717, 1.165) is 30.9 Å². The number of nitrogens with zero attached hydrogens (tertiary/aromatic N) is 1. The number of likely N-dealkylation sites (tertiary alicyclic amines) is 1. The van der Waals surface area contributed by atoms with Crippen molar-refractivity contribution in [2.75, 3.05) is 13.1 Å². The molecule has 0 radical (unpaired) electrons. The number of hydrogen-bond acceptors (Lipinski definition) is 1. The van der Waals surface area contributed by atoms with E-state index >= 15 is 0 Å². The highest BCUT2D eigenvalue weighted by Gasteiger charge is 2.22. The van der Waals surface area contributed by atoms with Crippen LogP contribution in [-0.4, -0.2) is 24.4 Å². The largest absolute Gasteiger partial charge is 0.345 e. The molecule has 0 spiro atoms. The zero-order valence-corrected chi connectivity index (χ0v) is 8.57. The minimum Gasteiger partial charge on any atom is -0.345 e. The molecule has 1 fully saturated rings. The van der Waals surface area contributed by atoms with Gasteiger partial charge in [0.15, 0.2) is 0 Å². The van der Waals surface area contributed by atoms with Gasteiger partial charge in [0.1, 0.15) is 0 Å². The lowest BCUT2D eigenvalue weighted by atomic mass is 9.99. The van der Waals surface area contributed by atoms with Crippen molar-refractivity contribution in [1.29, 1.82) is 0 Å². The Morgan fingerprint density at radius 3 is 2.64 bits per heavy atom. The Bertz CT molecular complexity index is 323. The van der Waals surface area contributed by atoms with Gasteiger partial charge < -0.3 is 4.90 Å². The fraction of sp³-hybridized carbons (Fsp3) is 0.364. The first-order valence-electron chi connectivity index (χ1n) is 4.74. The van der Waals surface area contributed by atoms with Gasteiger partial charge in [-0.15, -0.1) is 0 Å². The van der Waals surface area contributed by atoms with Crippen LogP contribution in [0.2, 0.25) is 5.02 Å². The lowest BCUT2D eigenvalue weighted by Gasteiger charge is -2.10. The third-order valence-corrected chi connectivity index (χ3v) is 2.96. The second-order valence-corrected chi connectivity index (χ2v) is 4.07. The summed E-state index contributed by atoms with van der Waals surface area (Å²) >= 11 is 5.81. The van der Waals surface area contributed by atoms with Crippen molar-refractivity contribution in [1.82, 2.24) is 4.90 Å². The Labute approximate surface area is 88.5 Å². The minimum atomic E-state index is 0.484. The summed E-state index contributed by atoms with van der Waals surface area (Å²) in [4.78, 5) is 12.4.